The molecule has 0 saturated carbocycles. The predicted molar refractivity (Wildman–Crippen MR) is 85.6 cm³/mol. The minimum absolute atomic E-state index is 0.0443. The number of hydrogen-bond donors (Lipinski definition) is 1. The third-order valence-corrected chi connectivity index (χ3v) is 4.26. The van der Waals surface area contributed by atoms with E-state index in [2.05, 4.69) is 24.1 Å². The van der Waals surface area contributed by atoms with Gasteiger partial charge >= 0.3 is 0 Å². The van der Waals surface area contributed by atoms with Gasteiger partial charge in [-0.25, -0.2) is 0 Å². The van der Waals surface area contributed by atoms with Crippen molar-refractivity contribution in [1.29, 1.82) is 0 Å². The summed E-state index contributed by atoms with van der Waals surface area (Å²) in [6.45, 7) is 10.1. The Morgan fingerprint density at radius 3 is 2.77 bits per heavy atom. The third-order valence-electron chi connectivity index (χ3n) is 4.26. The average Bonchev–Trinajstić information content (AvgIpc) is 3.00. The Morgan fingerprint density at radius 2 is 2.14 bits per heavy atom. The maximum atomic E-state index is 12.5. The number of piperazine rings is 1. The molecule has 1 saturated heterocycles. The monoisotopic (exact) mass is 311 g/mol. The zero-order valence-corrected chi connectivity index (χ0v) is 14.0. The number of nitrogens with zero attached hydrogens (tertiary/aromatic N) is 2. The molecule has 0 radical (unpaired) electrons. The molecule has 0 spiro atoms. The Kier molecular flexibility index (Phi) is 6.67. The first-order valence-electron chi connectivity index (χ1n) is 8.21. The van der Waals surface area contributed by atoms with Crippen molar-refractivity contribution in [3.05, 3.63) is 11.8 Å². The first-order chi connectivity index (χ1) is 10.6. The highest BCUT2D eigenvalue weighted by molar-refractivity contribution is 5.91. The topological polar surface area (TPSA) is 54.0 Å². The molecule has 0 aromatic heterocycles. The Bertz CT molecular complexity index is 390. The van der Waals surface area contributed by atoms with Crippen LogP contribution in [0.2, 0.25) is 0 Å². The van der Waals surface area contributed by atoms with Crippen molar-refractivity contribution in [3.63, 3.8) is 0 Å². The van der Waals surface area contributed by atoms with Crippen LogP contribution in [0.4, 0.5) is 0 Å². The molecule has 22 heavy (non-hydrogen) atoms. The SMILES string of the molecule is COCCNCC1CC=C(C(=O)N2CCN(C(C)C)CC2)O1. The number of nitrogens with one attached hydrogen (secondary N) is 1. The van der Waals surface area contributed by atoms with Crippen molar-refractivity contribution in [3.8, 4) is 0 Å². The first-order valence-corrected chi connectivity index (χ1v) is 8.21. The summed E-state index contributed by atoms with van der Waals surface area (Å²) in [5.41, 5.74) is 0. The van der Waals surface area contributed by atoms with Crippen molar-refractivity contribution in [2.45, 2.75) is 32.4 Å². The fourth-order valence-electron chi connectivity index (χ4n) is 2.81. The summed E-state index contributed by atoms with van der Waals surface area (Å²) >= 11 is 0. The number of rotatable bonds is 7. The Hall–Kier alpha value is -1.11. The molecule has 1 amide bonds. The van der Waals surface area contributed by atoms with E-state index >= 15 is 0 Å². The minimum atomic E-state index is 0.0443. The maximum absolute atomic E-state index is 12.5. The third kappa shape index (κ3) is 4.69. The number of hydrogen-bond acceptors (Lipinski definition) is 5. The van der Waals surface area contributed by atoms with Gasteiger partial charge in [-0.3, -0.25) is 9.69 Å². The lowest BCUT2D eigenvalue weighted by Gasteiger charge is -2.36. The van der Waals surface area contributed by atoms with Crippen LogP contribution < -0.4 is 5.32 Å². The highest BCUT2D eigenvalue weighted by Crippen LogP contribution is 2.19. The standard InChI is InChI=1S/C16H29N3O3/c1-13(2)18-7-9-19(10-8-18)16(20)15-5-4-14(22-15)12-17-6-11-21-3/h5,13-14,17H,4,6-12H2,1-3H3. The van der Waals surface area contributed by atoms with Crippen molar-refractivity contribution < 1.29 is 14.3 Å². The molecule has 0 bridgehead atoms. The number of carbonyl (C=O) groups is 1. The van der Waals surface area contributed by atoms with Crippen LogP contribution in [0.1, 0.15) is 20.3 Å². The minimum Gasteiger partial charge on any atom is -0.483 e. The molecule has 2 heterocycles. The van der Waals surface area contributed by atoms with E-state index in [1.165, 1.54) is 0 Å². The van der Waals surface area contributed by atoms with Crippen LogP contribution in [0.25, 0.3) is 0 Å². The zero-order valence-electron chi connectivity index (χ0n) is 14.0. The molecule has 1 atom stereocenters. The second-order valence-electron chi connectivity index (χ2n) is 6.16. The fourth-order valence-corrected chi connectivity index (χ4v) is 2.81. The van der Waals surface area contributed by atoms with Crippen molar-refractivity contribution in [2.75, 3.05) is 53.0 Å². The van der Waals surface area contributed by atoms with Crippen LogP contribution in [0, 0.1) is 0 Å². The molecule has 0 aromatic carbocycles. The molecule has 2 aliphatic heterocycles. The summed E-state index contributed by atoms with van der Waals surface area (Å²) < 4.78 is 10.8. The number of methoxy groups -OCH3 is 1. The van der Waals surface area contributed by atoms with E-state index in [1.54, 1.807) is 7.11 Å². The van der Waals surface area contributed by atoms with E-state index in [0.29, 0.717) is 18.4 Å². The van der Waals surface area contributed by atoms with Crippen molar-refractivity contribution in [1.82, 2.24) is 15.1 Å². The highest BCUT2D eigenvalue weighted by atomic mass is 16.5. The largest absolute Gasteiger partial charge is 0.483 e. The maximum Gasteiger partial charge on any atom is 0.288 e. The van der Waals surface area contributed by atoms with Crippen LogP contribution in [-0.4, -0.2) is 80.8 Å². The number of amides is 1. The van der Waals surface area contributed by atoms with Gasteiger partial charge in [0.15, 0.2) is 5.76 Å². The summed E-state index contributed by atoms with van der Waals surface area (Å²) in [7, 11) is 1.69. The Morgan fingerprint density at radius 1 is 1.41 bits per heavy atom. The summed E-state index contributed by atoms with van der Waals surface area (Å²) in [5, 5.41) is 3.27. The Labute approximate surface area is 133 Å². The molecular weight excluding hydrogens is 282 g/mol. The molecule has 0 aliphatic carbocycles. The van der Waals surface area contributed by atoms with Gasteiger partial charge in [-0.2, -0.15) is 0 Å². The molecule has 1 fully saturated rings. The molecule has 2 aliphatic rings. The quantitative estimate of drug-likeness (QED) is 0.692. The number of ether oxygens (including phenoxy) is 2. The van der Waals surface area contributed by atoms with Crippen LogP contribution >= 0.6 is 0 Å². The van der Waals surface area contributed by atoms with Gasteiger partial charge in [-0.15, -0.1) is 0 Å². The lowest BCUT2D eigenvalue weighted by molar-refractivity contribution is -0.133. The summed E-state index contributed by atoms with van der Waals surface area (Å²) in [6, 6.07) is 0.543. The van der Waals surface area contributed by atoms with Gasteiger partial charge in [-0.1, -0.05) is 0 Å². The van der Waals surface area contributed by atoms with Gasteiger partial charge in [0.25, 0.3) is 5.91 Å². The molecule has 2 rings (SSSR count). The first kappa shape index (κ1) is 17.2. The van der Waals surface area contributed by atoms with Gasteiger partial charge in [0.2, 0.25) is 0 Å². The number of carbonyl (C=O) groups excluding carboxylic acids is 1. The van der Waals surface area contributed by atoms with Gasteiger partial charge < -0.3 is 19.7 Å². The normalized spacial score (nSPS) is 22.8. The van der Waals surface area contributed by atoms with E-state index < -0.39 is 0 Å². The van der Waals surface area contributed by atoms with Crippen LogP contribution in [-0.2, 0) is 14.3 Å². The molecule has 126 valence electrons. The van der Waals surface area contributed by atoms with E-state index in [4.69, 9.17) is 9.47 Å². The molecule has 1 N–H and O–H groups in total. The zero-order chi connectivity index (χ0) is 15.9. The van der Waals surface area contributed by atoms with Gasteiger partial charge in [-0.05, 0) is 19.9 Å². The van der Waals surface area contributed by atoms with E-state index in [9.17, 15) is 4.79 Å². The lowest BCUT2D eigenvalue weighted by Crippen LogP contribution is -2.51. The predicted octanol–water partition coefficient (Wildman–Crippen LogP) is 0.448. The lowest BCUT2D eigenvalue weighted by atomic mass is 10.2. The van der Waals surface area contributed by atoms with Crippen LogP contribution in [0.15, 0.2) is 11.8 Å². The van der Waals surface area contributed by atoms with Gasteiger partial charge in [0.1, 0.15) is 6.10 Å². The summed E-state index contributed by atoms with van der Waals surface area (Å²) in [5.74, 6) is 0.569. The van der Waals surface area contributed by atoms with Gasteiger partial charge in [0, 0.05) is 58.8 Å². The summed E-state index contributed by atoms with van der Waals surface area (Å²) in [6.07, 6.45) is 2.79. The van der Waals surface area contributed by atoms with Crippen LogP contribution in [0.5, 0.6) is 0 Å². The summed E-state index contributed by atoms with van der Waals surface area (Å²) in [4.78, 5) is 16.8. The van der Waals surface area contributed by atoms with Gasteiger partial charge in [0.05, 0.1) is 6.61 Å². The Balaban J connectivity index is 1.71. The molecule has 6 heteroatoms. The van der Waals surface area contributed by atoms with Crippen LogP contribution in [0.3, 0.4) is 0 Å². The molecule has 1 unspecified atom stereocenters. The smallest absolute Gasteiger partial charge is 0.288 e. The van der Waals surface area contributed by atoms with Crippen molar-refractivity contribution in [2.24, 2.45) is 0 Å². The van der Waals surface area contributed by atoms with E-state index in [0.717, 1.165) is 45.7 Å². The molecular formula is C16H29N3O3. The fraction of sp³-hybridized carbons (Fsp3) is 0.812. The van der Waals surface area contributed by atoms with Crippen molar-refractivity contribution >= 4 is 5.91 Å². The highest BCUT2D eigenvalue weighted by Gasteiger charge is 2.29. The average molecular weight is 311 g/mol. The second-order valence-corrected chi connectivity index (χ2v) is 6.16. The second kappa shape index (κ2) is 8.50. The van der Waals surface area contributed by atoms with E-state index in [1.807, 2.05) is 11.0 Å². The molecule has 6 nitrogen and oxygen atoms in total. The molecule has 0 aromatic rings. The van der Waals surface area contributed by atoms with E-state index in [-0.39, 0.29) is 12.0 Å².